The summed E-state index contributed by atoms with van der Waals surface area (Å²) in [5.74, 6) is 1.11. The lowest BCUT2D eigenvalue weighted by Crippen LogP contribution is -2.37. The molecule has 5 nitrogen and oxygen atoms in total. The number of rotatable bonds is 4. The number of hydrogen-bond donors (Lipinski definition) is 1. The van der Waals surface area contributed by atoms with Gasteiger partial charge < -0.3 is 14.8 Å². The summed E-state index contributed by atoms with van der Waals surface area (Å²) in [6.45, 7) is 0.256. The number of fused-ring (bicyclic) bond motifs is 2. The van der Waals surface area contributed by atoms with Crippen molar-refractivity contribution in [1.29, 1.82) is 0 Å². The zero-order valence-corrected chi connectivity index (χ0v) is 17.5. The molecule has 3 aromatic rings. The summed E-state index contributed by atoms with van der Waals surface area (Å²) in [5, 5.41) is 3.48. The van der Waals surface area contributed by atoms with Gasteiger partial charge in [0.1, 0.15) is 0 Å². The van der Waals surface area contributed by atoms with Crippen LogP contribution in [-0.4, -0.2) is 20.3 Å². The van der Waals surface area contributed by atoms with Crippen LogP contribution in [0.4, 0.5) is 16.2 Å². The highest BCUT2D eigenvalue weighted by Gasteiger charge is 2.27. The topological polar surface area (TPSA) is 50.8 Å². The Labute approximate surface area is 178 Å². The molecule has 3 aromatic carbocycles. The first kappa shape index (κ1) is 19.5. The molecule has 0 spiro atoms. The normalized spacial score (nSPS) is 12.0. The molecule has 0 aromatic heterocycles. The number of halogens is 1. The number of anilines is 2. The molecule has 148 valence electrons. The van der Waals surface area contributed by atoms with E-state index in [0.717, 1.165) is 26.7 Å². The quantitative estimate of drug-likeness (QED) is 0.566. The van der Waals surface area contributed by atoms with Gasteiger partial charge in [-0.15, -0.1) is 0 Å². The van der Waals surface area contributed by atoms with Crippen molar-refractivity contribution in [2.75, 3.05) is 19.1 Å². The molecule has 0 radical (unpaired) electrons. The highest BCUT2D eigenvalue weighted by molar-refractivity contribution is 7.99. The van der Waals surface area contributed by atoms with E-state index >= 15 is 0 Å². The van der Waals surface area contributed by atoms with Crippen LogP contribution in [0.25, 0.3) is 0 Å². The molecule has 0 atom stereocenters. The lowest BCUT2D eigenvalue weighted by molar-refractivity contribution is 0.248. The maximum atomic E-state index is 13.2. The van der Waals surface area contributed by atoms with Crippen molar-refractivity contribution in [3.05, 3.63) is 71.2 Å². The van der Waals surface area contributed by atoms with Gasteiger partial charge in [-0.3, -0.25) is 4.90 Å². The lowest BCUT2D eigenvalue weighted by atomic mass is 10.2. The van der Waals surface area contributed by atoms with Crippen LogP contribution in [0.3, 0.4) is 0 Å². The molecule has 2 amide bonds. The standard InChI is InChI=1S/C22H19ClN2O3S/c1-27-18-11-14(15(23)12-19(18)28-2)13-24-22(26)25-16-7-3-5-9-20(16)29-21-10-6-4-8-17(21)25/h3-12H,13H2,1-2H3,(H,24,26). The van der Waals surface area contributed by atoms with Crippen molar-refractivity contribution in [3.8, 4) is 11.5 Å². The van der Waals surface area contributed by atoms with Crippen molar-refractivity contribution in [1.82, 2.24) is 5.32 Å². The van der Waals surface area contributed by atoms with E-state index in [9.17, 15) is 4.79 Å². The van der Waals surface area contributed by atoms with Crippen LogP contribution in [0.1, 0.15) is 5.56 Å². The van der Waals surface area contributed by atoms with Gasteiger partial charge in [0.15, 0.2) is 11.5 Å². The van der Waals surface area contributed by atoms with E-state index in [-0.39, 0.29) is 12.6 Å². The fraction of sp³-hybridized carbons (Fsp3) is 0.136. The first-order valence-electron chi connectivity index (χ1n) is 8.96. The first-order valence-corrected chi connectivity index (χ1v) is 10.2. The molecule has 29 heavy (non-hydrogen) atoms. The zero-order valence-electron chi connectivity index (χ0n) is 15.9. The number of nitrogens with zero attached hydrogens (tertiary/aromatic N) is 1. The van der Waals surface area contributed by atoms with Crippen LogP contribution in [0, 0.1) is 0 Å². The number of benzene rings is 3. The Balaban J connectivity index is 1.62. The van der Waals surface area contributed by atoms with Gasteiger partial charge in [0, 0.05) is 27.4 Å². The Hall–Kier alpha value is -2.83. The van der Waals surface area contributed by atoms with Crippen molar-refractivity contribution in [2.24, 2.45) is 0 Å². The largest absolute Gasteiger partial charge is 0.493 e. The number of para-hydroxylation sites is 2. The molecule has 0 unspecified atom stereocenters. The molecule has 7 heteroatoms. The second-order valence-corrected chi connectivity index (χ2v) is 7.82. The number of carbonyl (C=O) groups is 1. The minimum Gasteiger partial charge on any atom is -0.493 e. The number of amides is 2. The third kappa shape index (κ3) is 3.73. The summed E-state index contributed by atoms with van der Waals surface area (Å²) >= 11 is 8.02. The third-order valence-electron chi connectivity index (χ3n) is 4.62. The number of urea groups is 1. The summed E-state index contributed by atoms with van der Waals surface area (Å²) in [5.41, 5.74) is 2.45. The van der Waals surface area contributed by atoms with Crippen molar-refractivity contribution in [3.63, 3.8) is 0 Å². The fourth-order valence-electron chi connectivity index (χ4n) is 3.21. The average Bonchev–Trinajstić information content (AvgIpc) is 2.76. The van der Waals surface area contributed by atoms with Crippen LogP contribution in [-0.2, 0) is 6.54 Å². The minimum absolute atomic E-state index is 0.226. The van der Waals surface area contributed by atoms with Crippen molar-refractivity contribution in [2.45, 2.75) is 16.3 Å². The number of methoxy groups -OCH3 is 2. The highest BCUT2D eigenvalue weighted by atomic mass is 35.5. The minimum atomic E-state index is -0.226. The number of hydrogen-bond acceptors (Lipinski definition) is 4. The maximum Gasteiger partial charge on any atom is 0.326 e. The van der Waals surface area contributed by atoms with Gasteiger partial charge in [-0.1, -0.05) is 47.6 Å². The molecule has 0 fully saturated rings. The summed E-state index contributed by atoms with van der Waals surface area (Å²) in [7, 11) is 3.12. The molecule has 1 aliphatic rings. The SMILES string of the molecule is COc1cc(Cl)c(CNC(=O)N2c3ccccc3Sc3ccccc32)cc1OC. The smallest absolute Gasteiger partial charge is 0.326 e. The van der Waals surface area contributed by atoms with E-state index < -0.39 is 0 Å². The Morgan fingerprint density at radius 3 is 2.10 bits per heavy atom. The van der Waals surface area contributed by atoms with E-state index in [1.54, 1.807) is 43.0 Å². The van der Waals surface area contributed by atoms with Gasteiger partial charge in [-0.25, -0.2) is 4.79 Å². The summed E-state index contributed by atoms with van der Waals surface area (Å²) in [6, 6.07) is 19.0. The van der Waals surface area contributed by atoms with Gasteiger partial charge in [0.2, 0.25) is 0 Å². The maximum absolute atomic E-state index is 13.2. The number of carbonyl (C=O) groups excluding carboxylic acids is 1. The lowest BCUT2D eigenvalue weighted by Gasteiger charge is -2.31. The monoisotopic (exact) mass is 426 g/mol. The Morgan fingerprint density at radius 2 is 1.52 bits per heavy atom. The zero-order chi connectivity index (χ0) is 20.4. The molecule has 0 saturated heterocycles. The van der Waals surface area contributed by atoms with Crippen LogP contribution >= 0.6 is 23.4 Å². The van der Waals surface area contributed by atoms with Crippen molar-refractivity contribution < 1.29 is 14.3 Å². The van der Waals surface area contributed by atoms with Gasteiger partial charge in [0.05, 0.1) is 25.6 Å². The molecule has 4 rings (SSSR count). The predicted molar refractivity (Wildman–Crippen MR) is 116 cm³/mol. The fourth-order valence-corrected chi connectivity index (χ4v) is 4.48. The van der Waals surface area contributed by atoms with Crippen LogP contribution in [0.15, 0.2) is 70.5 Å². The molecular weight excluding hydrogens is 408 g/mol. The summed E-state index contributed by atoms with van der Waals surface area (Å²) in [4.78, 5) is 17.0. The summed E-state index contributed by atoms with van der Waals surface area (Å²) < 4.78 is 10.6. The third-order valence-corrected chi connectivity index (χ3v) is 6.10. The number of nitrogens with one attached hydrogen (secondary N) is 1. The second kappa shape index (κ2) is 8.27. The van der Waals surface area contributed by atoms with Crippen LogP contribution in [0.5, 0.6) is 11.5 Å². The van der Waals surface area contributed by atoms with E-state index in [1.807, 2.05) is 48.5 Å². The van der Waals surface area contributed by atoms with Crippen molar-refractivity contribution >= 4 is 40.8 Å². The number of ether oxygens (including phenoxy) is 2. The Bertz CT molecular complexity index is 1030. The Kier molecular flexibility index (Phi) is 5.56. The average molecular weight is 427 g/mol. The molecule has 0 aliphatic carbocycles. The molecule has 1 N–H and O–H groups in total. The van der Waals surface area contributed by atoms with E-state index in [0.29, 0.717) is 16.5 Å². The van der Waals surface area contributed by atoms with E-state index in [4.69, 9.17) is 21.1 Å². The molecular formula is C22H19ClN2O3S. The second-order valence-electron chi connectivity index (χ2n) is 6.33. The van der Waals surface area contributed by atoms with Crippen LogP contribution < -0.4 is 19.7 Å². The van der Waals surface area contributed by atoms with E-state index in [2.05, 4.69) is 5.32 Å². The van der Waals surface area contributed by atoms with Gasteiger partial charge in [-0.2, -0.15) is 0 Å². The molecule has 0 bridgehead atoms. The molecule has 1 heterocycles. The van der Waals surface area contributed by atoms with E-state index in [1.165, 1.54) is 0 Å². The molecule has 1 aliphatic heterocycles. The summed E-state index contributed by atoms with van der Waals surface area (Å²) in [6.07, 6.45) is 0. The Morgan fingerprint density at radius 1 is 0.966 bits per heavy atom. The van der Waals surface area contributed by atoms with Gasteiger partial charge >= 0.3 is 6.03 Å². The molecule has 0 saturated carbocycles. The first-order chi connectivity index (χ1) is 14.1. The van der Waals surface area contributed by atoms with Crippen LogP contribution in [0.2, 0.25) is 5.02 Å². The predicted octanol–water partition coefficient (Wildman–Crippen LogP) is 5.87. The van der Waals surface area contributed by atoms with Gasteiger partial charge in [-0.05, 0) is 35.9 Å². The van der Waals surface area contributed by atoms with Gasteiger partial charge in [0.25, 0.3) is 0 Å². The highest BCUT2D eigenvalue weighted by Crippen LogP contribution is 2.47.